The molecule has 0 bridgehead atoms. The number of hydrogen-bond acceptors (Lipinski definition) is 4. The van der Waals surface area contributed by atoms with Crippen LogP contribution < -0.4 is 5.32 Å². The molecule has 2 aromatic rings. The molecular weight excluding hydrogens is 316 g/mol. The summed E-state index contributed by atoms with van der Waals surface area (Å²) in [6, 6.07) is 19.1. The number of carbonyl (C=O) groups is 2. The Hall–Kier alpha value is -3.13. The predicted octanol–water partition coefficient (Wildman–Crippen LogP) is 2.31. The van der Waals surface area contributed by atoms with Gasteiger partial charge in [0.2, 0.25) is 6.10 Å². The number of benzene rings is 2. The largest absolute Gasteiger partial charge is 0.450 e. The normalized spacial score (nSPS) is 19.9. The summed E-state index contributed by atoms with van der Waals surface area (Å²) < 4.78 is 5.19. The maximum Gasteiger partial charge on any atom is 0.303 e. The van der Waals surface area contributed by atoms with E-state index in [1.165, 1.54) is 6.92 Å². The van der Waals surface area contributed by atoms with Gasteiger partial charge in [0.1, 0.15) is 0 Å². The number of nitriles is 1. The van der Waals surface area contributed by atoms with E-state index in [4.69, 9.17) is 10.00 Å². The third-order valence-electron chi connectivity index (χ3n) is 4.39. The Morgan fingerprint density at radius 1 is 1.20 bits per heavy atom. The number of esters is 1. The average molecular weight is 334 g/mol. The summed E-state index contributed by atoms with van der Waals surface area (Å²) in [7, 11) is 0. The zero-order chi connectivity index (χ0) is 17.8. The van der Waals surface area contributed by atoms with Crippen molar-refractivity contribution in [1.82, 2.24) is 5.32 Å². The lowest BCUT2D eigenvalue weighted by Gasteiger charge is -2.41. The Morgan fingerprint density at radius 3 is 2.44 bits per heavy atom. The topological polar surface area (TPSA) is 79.2 Å². The highest BCUT2D eigenvalue weighted by Gasteiger charge is 2.46. The van der Waals surface area contributed by atoms with Gasteiger partial charge in [-0.3, -0.25) is 9.59 Å². The Morgan fingerprint density at radius 2 is 1.88 bits per heavy atom. The smallest absolute Gasteiger partial charge is 0.303 e. The van der Waals surface area contributed by atoms with Crippen LogP contribution in [0, 0.1) is 11.3 Å². The highest BCUT2D eigenvalue weighted by molar-refractivity contribution is 5.90. The van der Waals surface area contributed by atoms with Crippen molar-refractivity contribution in [1.29, 1.82) is 5.26 Å². The zero-order valence-electron chi connectivity index (χ0n) is 13.8. The van der Waals surface area contributed by atoms with Crippen molar-refractivity contribution in [2.45, 2.75) is 31.4 Å². The van der Waals surface area contributed by atoms with Crippen molar-refractivity contribution in [3.63, 3.8) is 0 Å². The van der Waals surface area contributed by atoms with Crippen molar-refractivity contribution in [2.24, 2.45) is 0 Å². The SMILES string of the molecule is CC(=O)OC1C(=O)NC1C(Cc1ccc(C#N)cc1)c1ccccc1. The van der Waals surface area contributed by atoms with Gasteiger partial charge in [0, 0.05) is 12.8 Å². The van der Waals surface area contributed by atoms with E-state index in [0.29, 0.717) is 12.0 Å². The second-order valence-electron chi connectivity index (χ2n) is 6.09. The molecule has 3 unspecified atom stereocenters. The van der Waals surface area contributed by atoms with Crippen LogP contribution in [0.2, 0.25) is 0 Å². The number of nitrogens with zero attached hydrogens (tertiary/aromatic N) is 1. The molecule has 1 N–H and O–H groups in total. The predicted molar refractivity (Wildman–Crippen MR) is 91.5 cm³/mol. The van der Waals surface area contributed by atoms with Gasteiger partial charge in [-0.05, 0) is 29.7 Å². The maximum absolute atomic E-state index is 11.8. The summed E-state index contributed by atoms with van der Waals surface area (Å²) in [5.41, 5.74) is 2.72. The van der Waals surface area contributed by atoms with E-state index in [-0.39, 0.29) is 17.9 Å². The Bertz CT molecular complexity index is 809. The van der Waals surface area contributed by atoms with Crippen LogP contribution in [0.1, 0.15) is 29.5 Å². The first kappa shape index (κ1) is 16.7. The van der Waals surface area contributed by atoms with Gasteiger partial charge in [0.25, 0.3) is 5.91 Å². The number of carbonyl (C=O) groups excluding carboxylic acids is 2. The minimum atomic E-state index is -0.763. The van der Waals surface area contributed by atoms with E-state index in [9.17, 15) is 9.59 Å². The average Bonchev–Trinajstić information content (AvgIpc) is 2.64. The van der Waals surface area contributed by atoms with Gasteiger partial charge in [-0.2, -0.15) is 5.26 Å². The van der Waals surface area contributed by atoms with Gasteiger partial charge in [-0.15, -0.1) is 0 Å². The molecule has 25 heavy (non-hydrogen) atoms. The van der Waals surface area contributed by atoms with Crippen molar-refractivity contribution in [2.75, 3.05) is 0 Å². The van der Waals surface area contributed by atoms with Gasteiger partial charge in [0.05, 0.1) is 17.7 Å². The molecule has 0 saturated carbocycles. The van der Waals surface area contributed by atoms with E-state index in [1.807, 2.05) is 42.5 Å². The summed E-state index contributed by atoms with van der Waals surface area (Å²) in [5, 5.41) is 11.8. The van der Waals surface area contributed by atoms with Crippen molar-refractivity contribution in [3.8, 4) is 6.07 Å². The molecule has 126 valence electrons. The number of β-lactam (4-membered cyclic amide) rings is 1. The molecule has 5 nitrogen and oxygen atoms in total. The van der Waals surface area contributed by atoms with Gasteiger partial charge >= 0.3 is 5.97 Å². The molecule has 1 heterocycles. The highest BCUT2D eigenvalue weighted by Crippen LogP contribution is 2.31. The zero-order valence-corrected chi connectivity index (χ0v) is 13.8. The van der Waals surface area contributed by atoms with Crippen LogP contribution in [-0.4, -0.2) is 24.0 Å². The summed E-state index contributed by atoms with van der Waals surface area (Å²) in [5.74, 6) is -0.757. The van der Waals surface area contributed by atoms with Gasteiger partial charge in [0.15, 0.2) is 0 Å². The first-order valence-corrected chi connectivity index (χ1v) is 8.10. The fourth-order valence-corrected chi connectivity index (χ4v) is 3.13. The van der Waals surface area contributed by atoms with Gasteiger partial charge < -0.3 is 10.1 Å². The molecule has 1 saturated heterocycles. The Kier molecular flexibility index (Phi) is 4.80. The van der Waals surface area contributed by atoms with Crippen LogP contribution in [0.25, 0.3) is 0 Å². The standard InChI is InChI=1S/C20H18N2O3/c1-13(23)25-19-18(22-20(19)24)17(16-5-3-2-4-6-16)11-14-7-9-15(12-21)10-8-14/h2-10,17-19H,11H2,1H3,(H,22,24). The lowest BCUT2D eigenvalue weighted by molar-refractivity contribution is -0.165. The van der Waals surface area contributed by atoms with Crippen LogP contribution in [0.5, 0.6) is 0 Å². The first-order valence-electron chi connectivity index (χ1n) is 8.10. The lowest BCUT2D eigenvalue weighted by Crippen LogP contribution is -2.66. The maximum atomic E-state index is 11.8. The van der Waals surface area contributed by atoms with E-state index >= 15 is 0 Å². The second kappa shape index (κ2) is 7.18. The molecule has 1 fully saturated rings. The van der Waals surface area contributed by atoms with Crippen molar-refractivity contribution >= 4 is 11.9 Å². The van der Waals surface area contributed by atoms with E-state index in [0.717, 1.165) is 11.1 Å². The first-order chi connectivity index (χ1) is 12.1. The Labute approximate surface area is 146 Å². The number of ether oxygens (including phenoxy) is 1. The van der Waals surface area contributed by atoms with Gasteiger partial charge in [-0.1, -0.05) is 42.5 Å². The van der Waals surface area contributed by atoms with Crippen molar-refractivity contribution < 1.29 is 14.3 Å². The monoisotopic (exact) mass is 334 g/mol. The molecule has 3 rings (SSSR count). The molecule has 1 aliphatic rings. The number of rotatable bonds is 5. The third kappa shape index (κ3) is 3.69. The quantitative estimate of drug-likeness (QED) is 0.672. The minimum absolute atomic E-state index is 0.0313. The van der Waals surface area contributed by atoms with Crippen LogP contribution in [0.15, 0.2) is 54.6 Å². The summed E-state index contributed by atoms with van der Waals surface area (Å²) in [4.78, 5) is 23.1. The highest BCUT2D eigenvalue weighted by atomic mass is 16.6. The van der Waals surface area contributed by atoms with Crippen LogP contribution in [-0.2, 0) is 20.7 Å². The molecule has 2 aromatic carbocycles. The van der Waals surface area contributed by atoms with E-state index < -0.39 is 12.1 Å². The minimum Gasteiger partial charge on any atom is -0.450 e. The molecule has 0 radical (unpaired) electrons. The van der Waals surface area contributed by atoms with E-state index in [2.05, 4.69) is 11.4 Å². The second-order valence-corrected chi connectivity index (χ2v) is 6.09. The lowest BCUT2D eigenvalue weighted by atomic mass is 9.79. The molecule has 0 aromatic heterocycles. The fraction of sp³-hybridized carbons (Fsp3) is 0.250. The van der Waals surface area contributed by atoms with Crippen molar-refractivity contribution in [3.05, 3.63) is 71.3 Å². The van der Waals surface area contributed by atoms with Crippen LogP contribution in [0.3, 0.4) is 0 Å². The number of amides is 1. The third-order valence-corrected chi connectivity index (χ3v) is 4.39. The van der Waals surface area contributed by atoms with E-state index in [1.54, 1.807) is 12.1 Å². The molecular formula is C20H18N2O3. The van der Waals surface area contributed by atoms with Gasteiger partial charge in [-0.25, -0.2) is 0 Å². The van der Waals surface area contributed by atoms with Crippen LogP contribution in [0.4, 0.5) is 0 Å². The fourth-order valence-electron chi connectivity index (χ4n) is 3.13. The number of hydrogen-bond donors (Lipinski definition) is 1. The molecule has 3 atom stereocenters. The van der Waals surface area contributed by atoms with Crippen LogP contribution >= 0.6 is 0 Å². The molecule has 1 amide bonds. The summed E-state index contributed by atoms with van der Waals surface area (Å²) >= 11 is 0. The molecule has 5 heteroatoms. The molecule has 0 aliphatic carbocycles. The molecule has 0 spiro atoms. The number of nitrogens with one attached hydrogen (secondary N) is 1. The Balaban J connectivity index is 1.86. The summed E-state index contributed by atoms with van der Waals surface area (Å²) in [6.45, 7) is 1.31. The summed E-state index contributed by atoms with van der Waals surface area (Å²) in [6.07, 6.45) is -0.0978. The molecule has 1 aliphatic heterocycles.